The van der Waals surface area contributed by atoms with Crippen LogP contribution < -0.4 is 5.73 Å². The van der Waals surface area contributed by atoms with Crippen molar-refractivity contribution in [2.75, 3.05) is 38.5 Å². The van der Waals surface area contributed by atoms with E-state index in [0.717, 1.165) is 71.8 Å². The van der Waals surface area contributed by atoms with Gasteiger partial charge in [-0.3, -0.25) is 9.58 Å². The minimum Gasteiger partial charge on any atom is -0.368 e. The van der Waals surface area contributed by atoms with Gasteiger partial charge in [0.25, 0.3) is 0 Å². The molecule has 0 spiro atoms. The number of likely N-dealkylation sites (tertiary alicyclic amines) is 2. The second-order valence-electron chi connectivity index (χ2n) is 9.80. The molecule has 0 aliphatic carbocycles. The number of hydrogen-bond donors (Lipinski definition) is 2. The molecule has 9 heteroatoms. The lowest BCUT2D eigenvalue weighted by molar-refractivity contribution is 0.218. The molecule has 35 heavy (non-hydrogen) atoms. The van der Waals surface area contributed by atoms with Crippen LogP contribution in [-0.2, 0) is 13.1 Å². The number of pyridine rings is 1. The molecule has 6 heterocycles. The van der Waals surface area contributed by atoms with Gasteiger partial charge in [0.05, 0.1) is 24.1 Å². The van der Waals surface area contributed by atoms with Gasteiger partial charge in [-0.1, -0.05) is 6.42 Å². The fourth-order valence-electron chi connectivity index (χ4n) is 5.34. The molecule has 9 nitrogen and oxygen atoms in total. The number of H-pyrrole nitrogens is 1. The molecule has 0 bridgehead atoms. The molecule has 0 saturated carbocycles. The molecule has 4 aromatic heterocycles. The summed E-state index contributed by atoms with van der Waals surface area (Å²) in [5.41, 5.74) is 11.9. The van der Waals surface area contributed by atoms with E-state index in [0.29, 0.717) is 5.95 Å². The van der Waals surface area contributed by atoms with E-state index in [9.17, 15) is 0 Å². The number of aromatic nitrogens is 6. The number of rotatable bonds is 7. The summed E-state index contributed by atoms with van der Waals surface area (Å²) in [4.78, 5) is 22.0. The molecule has 2 fully saturated rings. The number of aromatic amines is 1. The van der Waals surface area contributed by atoms with Gasteiger partial charge in [0.1, 0.15) is 5.65 Å². The highest BCUT2D eigenvalue weighted by molar-refractivity contribution is 5.95. The Labute approximate surface area is 205 Å². The van der Waals surface area contributed by atoms with Gasteiger partial charge in [-0.15, -0.1) is 0 Å². The standard InChI is InChI=1S/C26H33N9/c27-26-31-21(18-34-8-2-1-3-9-34)13-24(32-26)23-16-29-25-22(23)12-19(14-28-25)20-15-30-35(17-20)11-10-33-6-4-5-7-33/h12-17H,1-11,18H2,(H,28,29)(H2,27,31,32). The van der Waals surface area contributed by atoms with Crippen molar-refractivity contribution in [1.29, 1.82) is 0 Å². The van der Waals surface area contributed by atoms with Crippen LogP contribution in [0.4, 0.5) is 5.95 Å². The highest BCUT2D eigenvalue weighted by Crippen LogP contribution is 2.31. The van der Waals surface area contributed by atoms with Crippen molar-refractivity contribution in [1.82, 2.24) is 39.5 Å². The number of nitrogens with zero attached hydrogens (tertiary/aromatic N) is 7. The van der Waals surface area contributed by atoms with Gasteiger partial charge >= 0.3 is 0 Å². The summed E-state index contributed by atoms with van der Waals surface area (Å²) in [6.07, 6.45) is 14.4. The Balaban J connectivity index is 1.25. The summed E-state index contributed by atoms with van der Waals surface area (Å²) in [5, 5.41) is 5.62. The SMILES string of the molecule is Nc1nc(CN2CCCCC2)cc(-c2c[nH]c3ncc(-c4cnn(CCN5CCCC5)c4)cc23)n1. The molecule has 0 amide bonds. The number of nitrogen functional groups attached to an aromatic ring is 1. The fourth-order valence-corrected chi connectivity index (χ4v) is 5.34. The lowest BCUT2D eigenvalue weighted by Gasteiger charge is -2.26. The van der Waals surface area contributed by atoms with E-state index in [1.165, 1.54) is 45.2 Å². The van der Waals surface area contributed by atoms with Gasteiger partial charge < -0.3 is 15.6 Å². The Hall–Kier alpha value is -3.30. The van der Waals surface area contributed by atoms with Gasteiger partial charge in [-0.2, -0.15) is 5.10 Å². The Bertz CT molecular complexity index is 1300. The van der Waals surface area contributed by atoms with E-state index in [-0.39, 0.29) is 0 Å². The summed E-state index contributed by atoms with van der Waals surface area (Å²) < 4.78 is 2.04. The maximum Gasteiger partial charge on any atom is 0.220 e. The highest BCUT2D eigenvalue weighted by atomic mass is 15.3. The highest BCUT2D eigenvalue weighted by Gasteiger charge is 2.16. The lowest BCUT2D eigenvalue weighted by atomic mass is 10.1. The van der Waals surface area contributed by atoms with E-state index < -0.39 is 0 Å². The first-order valence-electron chi connectivity index (χ1n) is 12.8. The zero-order chi connectivity index (χ0) is 23.6. The average molecular weight is 472 g/mol. The number of fused-ring (bicyclic) bond motifs is 1. The predicted octanol–water partition coefficient (Wildman–Crippen LogP) is 3.55. The molecule has 2 aliphatic rings. The second-order valence-corrected chi connectivity index (χ2v) is 9.80. The van der Waals surface area contributed by atoms with Crippen LogP contribution in [-0.4, -0.2) is 72.2 Å². The van der Waals surface area contributed by atoms with Crippen LogP contribution in [0, 0.1) is 0 Å². The van der Waals surface area contributed by atoms with Crippen molar-refractivity contribution in [3.8, 4) is 22.4 Å². The number of nitrogens with two attached hydrogens (primary N) is 1. The first kappa shape index (κ1) is 22.2. The van der Waals surface area contributed by atoms with Crippen molar-refractivity contribution in [3.63, 3.8) is 0 Å². The van der Waals surface area contributed by atoms with Crippen LogP contribution >= 0.6 is 0 Å². The molecular formula is C26H33N9. The molecule has 0 radical (unpaired) electrons. The molecule has 0 atom stereocenters. The molecule has 0 unspecified atom stereocenters. The molecule has 2 aliphatic heterocycles. The van der Waals surface area contributed by atoms with Gasteiger partial charge in [-0.05, 0) is 64.0 Å². The Kier molecular flexibility index (Phi) is 6.18. The van der Waals surface area contributed by atoms with Crippen LogP contribution in [0.5, 0.6) is 0 Å². The molecule has 0 aromatic carbocycles. The van der Waals surface area contributed by atoms with Gasteiger partial charge in [0.15, 0.2) is 0 Å². The van der Waals surface area contributed by atoms with Gasteiger partial charge in [0, 0.05) is 53.8 Å². The van der Waals surface area contributed by atoms with Crippen LogP contribution in [0.25, 0.3) is 33.4 Å². The molecule has 182 valence electrons. The Morgan fingerprint density at radius 3 is 2.51 bits per heavy atom. The number of piperidine rings is 1. The van der Waals surface area contributed by atoms with Gasteiger partial charge in [-0.25, -0.2) is 15.0 Å². The number of anilines is 1. The lowest BCUT2D eigenvalue weighted by Crippen LogP contribution is -2.29. The van der Waals surface area contributed by atoms with Crippen LogP contribution in [0.15, 0.2) is 36.9 Å². The van der Waals surface area contributed by atoms with E-state index >= 15 is 0 Å². The third kappa shape index (κ3) is 4.92. The summed E-state index contributed by atoms with van der Waals surface area (Å²) in [6, 6.07) is 4.23. The zero-order valence-corrected chi connectivity index (χ0v) is 20.2. The summed E-state index contributed by atoms with van der Waals surface area (Å²) in [6.45, 7) is 7.41. The third-order valence-electron chi connectivity index (χ3n) is 7.25. The van der Waals surface area contributed by atoms with Crippen molar-refractivity contribution in [3.05, 3.63) is 42.6 Å². The molecular weight excluding hydrogens is 438 g/mol. The normalized spacial score (nSPS) is 17.5. The largest absolute Gasteiger partial charge is 0.368 e. The summed E-state index contributed by atoms with van der Waals surface area (Å²) in [5.74, 6) is 0.312. The Morgan fingerprint density at radius 2 is 1.66 bits per heavy atom. The zero-order valence-electron chi connectivity index (χ0n) is 20.2. The van der Waals surface area contributed by atoms with Crippen LogP contribution in [0.1, 0.15) is 37.8 Å². The average Bonchev–Trinajstić information content (AvgIpc) is 3.63. The van der Waals surface area contributed by atoms with Crippen molar-refractivity contribution < 1.29 is 0 Å². The molecule has 2 saturated heterocycles. The summed E-state index contributed by atoms with van der Waals surface area (Å²) in [7, 11) is 0. The topological polar surface area (TPSA) is 105 Å². The molecule has 4 aromatic rings. The smallest absolute Gasteiger partial charge is 0.220 e. The monoisotopic (exact) mass is 471 g/mol. The first-order chi connectivity index (χ1) is 17.2. The van der Waals surface area contributed by atoms with Gasteiger partial charge in [0.2, 0.25) is 5.95 Å². The van der Waals surface area contributed by atoms with Crippen molar-refractivity contribution >= 4 is 17.0 Å². The van der Waals surface area contributed by atoms with E-state index in [1.54, 1.807) is 0 Å². The third-order valence-corrected chi connectivity index (χ3v) is 7.25. The maximum atomic E-state index is 6.13. The van der Waals surface area contributed by atoms with E-state index in [1.807, 2.05) is 23.3 Å². The van der Waals surface area contributed by atoms with Crippen LogP contribution in [0.3, 0.4) is 0 Å². The summed E-state index contributed by atoms with van der Waals surface area (Å²) >= 11 is 0. The minimum atomic E-state index is 0.312. The maximum absolute atomic E-state index is 6.13. The second kappa shape index (κ2) is 9.75. The molecule has 6 rings (SSSR count). The fraction of sp³-hybridized carbons (Fsp3) is 0.462. The number of hydrogen-bond acceptors (Lipinski definition) is 7. The predicted molar refractivity (Wildman–Crippen MR) is 138 cm³/mol. The van der Waals surface area contributed by atoms with Crippen molar-refractivity contribution in [2.24, 2.45) is 0 Å². The number of nitrogens with one attached hydrogen (secondary N) is 1. The van der Waals surface area contributed by atoms with Crippen LogP contribution in [0.2, 0.25) is 0 Å². The van der Waals surface area contributed by atoms with Crippen molar-refractivity contribution in [2.45, 2.75) is 45.2 Å². The Morgan fingerprint density at radius 1 is 0.857 bits per heavy atom. The minimum absolute atomic E-state index is 0.312. The molecule has 3 N–H and O–H groups in total. The quantitative estimate of drug-likeness (QED) is 0.425. The van der Waals surface area contributed by atoms with E-state index in [2.05, 4.69) is 53.2 Å². The van der Waals surface area contributed by atoms with E-state index in [4.69, 9.17) is 5.73 Å². The first-order valence-corrected chi connectivity index (χ1v) is 12.8.